The lowest BCUT2D eigenvalue weighted by molar-refractivity contribution is -0.384. The number of carbonyl (C=O) groups excluding carboxylic acids is 1. The number of hydrogen-bond acceptors (Lipinski definition) is 4. The number of nitrogens with one attached hydrogen (secondary N) is 1. The maximum absolute atomic E-state index is 10.5. The number of imidazole rings is 1. The number of nitro benzene ring substituents is 1. The Morgan fingerprint density at radius 3 is 2.59 bits per heavy atom. The van der Waals surface area contributed by atoms with Crippen LogP contribution in [0.1, 0.15) is 21.9 Å². The van der Waals surface area contributed by atoms with Gasteiger partial charge in [0.1, 0.15) is 5.82 Å². The van der Waals surface area contributed by atoms with E-state index in [9.17, 15) is 14.9 Å². The number of aromatic amines is 1. The maximum atomic E-state index is 10.5. The number of aromatic nitrogens is 2. The van der Waals surface area contributed by atoms with Crippen molar-refractivity contribution in [3.05, 3.63) is 57.7 Å². The van der Waals surface area contributed by atoms with Gasteiger partial charge in [-0.15, -0.1) is 0 Å². The Bertz CT molecular complexity index is 545. The largest absolute Gasteiger partial charge is 0.340 e. The minimum atomic E-state index is -0.443. The van der Waals surface area contributed by atoms with Gasteiger partial charge in [-0.05, 0) is 5.56 Å². The van der Waals surface area contributed by atoms with E-state index in [2.05, 4.69) is 9.97 Å². The second-order valence-corrected chi connectivity index (χ2v) is 3.50. The van der Waals surface area contributed by atoms with Crippen molar-refractivity contribution >= 4 is 12.0 Å². The van der Waals surface area contributed by atoms with Gasteiger partial charge < -0.3 is 4.98 Å². The van der Waals surface area contributed by atoms with Crippen LogP contribution in [0.25, 0.3) is 0 Å². The molecule has 0 bridgehead atoms. The summed E-state index contributed by atoms with van der Waals surface area (Å²) in [4.78, 5) is 27.3. The fourth-order valence-corrected chi connectivity index (χ4v) is 1.46. The van der Waals surface area contributed by atoms with E-state index in [4.69, 9.17) is 0 Å². The van der Waals surface area contributed by atoms with Crippen LogP contribution in [-0.2, 0) is 6.42 Å². The third-order valence-electron chi connectivity index (χ3n) is 2.29. The first kappa shape index (κ1) is 11.0. The standard InChI is InChI=1S/C11H9N3O3/c15-7-9-6-12-11(13-9)5-8-1-3-10(4-2-8)14(16)17/h1-4,6-7H,5H2,(H,12,13). The molecule has 17 heavy (non-hydrogen) atoms. The minimum absolute atomic E-state index is 0.0572. The molecule has 0 fully saturated rings. The Morgan fingerprint density at radius 2 is 2.06 bits per heavy atom. The highest BCUT2D eigenvalue weighted by molar-refractivity contribution is 5.71. The Labute approximate surface area is 96.5 Å². The van der Waals surface area contributed by atoms with Gasteiger partial charge >= 0.3 is 0 Å². The van der Waals surface area contributed by atoms with Crippen LogP contribution in [-0.4, -0.2) is 21.2 Å². The molecular formula is C11H9N3O3. The molecule has 0 aliphatic rings. The van der Waals surface area contributed by atoms with Crippen molar-refractivity contribution in [2.45, 2.75) is 6.42 Å². The van der Waals surface area contributed by atoms with E-state index in [1.807, 2.05) is 0 Å². The molecule has 2 aromatic rings. The first-order valence-corrected chi connectivity index (χ1v) is 4.91. The molecule has 1 aromatic carbocycles. The van der Waals surface area contributed by atoms with Gasteiger partial charge in [0, 0.05) is 18.6 Å². The average Bonchev–Trinajstić information content (AvgIpc) is 2.77. The van der Waals surface area contributed by atoms with Gasteiger partial charge in [-0.25, -0.2) is 4.98 Å². The summed E-state index contributed by atoms with van der Waals surface area (Å²) in [5, 5.41) is 10.5. The summed E-state index contributed by atoms with van der Waals surface area (Å²) >= 11 is 0. The van der Waals surface area contributed by atoms with Crippen molar-refractivity contribution in [1.29, 1.82) is 0 Å². The molecule has 0 radical (unpaired) electrons. The molecule has 0 saturated carbocycles. The van der Waals surface area contributed by atoms with Crippen molar-refractivity contribution < 1.29 is 9.72 Å². The van der Waals surface area contributed by atoms with E-state index in [1.165, 1.54) is 18.3 Å². The Morgan fingerprint density at radius 1 is 1.35 bits per heavy atom. The molecule has 0 unspecified atom stereocenters. The van der Waals surface area contributed by atoms with E-state index in [1.54, 1.807) is 12.1 Å². The number of rotatable bonds is 4. The Hall–Kier alpha value is -2.50. The summed E-state index contributed by atoms with van der Waals surface area (Å²) in [5.74, 6) is 0.654. The maximum Gasteiger partial charge on any atom is 0.269 e. The van der Waals surface area contributed by atoms with E-state index in [-0.39, 0.29) is 5.69 Å². The van der Waals surface area contributed by atoms with Gasteiger partial charge in [-0.2, -0.15) is 0 Å². The highest BCUT2D eigenvalue weighted by Gasteiger charge is 2.05. The second-order valence-electron chi connectivity index (χ2n) is 3.50. The van der Waals surface area contributed by atoms with Crippen LogP contribution in [0.2, 0.25) is 0 Å². The van der Waals surface area contributed by atoms with Gasteiger partial charge in [0.2, 0.25) is 0 Å². The molecule has 0 aliphatic heterocycles. The zero-order valence-corrected chi connectivity index (χ0v) is 8.79. The predicted octanol–water partition coefficient (Wildman–Crippen LogP) is 1.72. The van der Waals surface area contributed by atoms with Gasteiger partial charge in [-0.1, -0.05) is 12.1 Å². The number of nitrogens with zero attached hydrogens (tertiary/aromatic N) is 2. The van der Waals surface area contributed by atoms with E-state index in [0.717, 1.165) is 5.56 Å². The fourth-order valence-electron chi connectivity index (χ4n) is 1.46. The molecule has 1 N–H and O–H groups in total. The van der Waals surface area contributed by atoms with Crippen molar-refractivity contribution in [3.63, 3.8) is 0 Å². The summed E-state index contributed by atoms with van der Waals surface area (Å²) in [5.41, 5.74) is 1.37. The lowest BCUT2D eigenvalue weighted by Gasteiger charge is -1.97. The number of nitro groups is 1. The minimum Gasteiger partial charge on any atom is -0.340 e. The van der Waals surface area contributed by atoms with Crippen molar-refractivity contribution in [2.75, 3.05) is 0 Å². The molecule has 6 heteroatoms. The van der Waals surface area contributed by atoms with E-state index in [0.29, 0.717) is 24.2 Å². The van der Waals surface area contributed by atoms with Crippen LogP contribution in [0.4, 0.5) is 5.69 Å². The molecule has 0 saturated heterocycles. The molecule has 0 amide bonds. The first-order chi connectivity index (χ1) is 8.19. The van der Waals surface area contributed by atoms with Gasteiger partial charge in [0.05, 0.1) is 16.8 Å². The second kappa shape index (κ2) is 4.56. The summed E-state index contributed by atoms with van der Waals surface area (Å²) in [6, 6.07) is 6.22. The zero-order chi connectivity index (χ0) is 12.3. The Kier molecular flexibility index (Phi) is 2.95. The summed E-state index contributed by atoms with van der Waals surface area (Å²) in [7, 11) is 0. The van der Waals surface area contributed by atoms with Crippen molar-refractivity contribution in [2.24, 2.45) is 0 Å². The molecule has 0 spiro atoms. The molecule has 1 aromatic heterocycles. The topological polar surface area (TPSA) is 88.9 Å². The van der Waals surface area contributed by atoms with Gasteiger partial charge in [0.25, 0.3) is 5.69 Å². The molecule has 0 aliphatic carbocycles. The van der Waals surface area contributed by atoms with Gasteiger partial charge in [-0.3, -0.25) is 14.9 Å². The summed E-state index contributed by atoms with van der Waals surface area (Å²) in [6.45, 7) is 0. The highest BCUT2D eigenvalue weighted by atomic mass is 16.6. The van der Waals surface area contributed by atoms with Crippen LogP contribution >= 0.6 is 0 Å². The van der Waals surface area contributed by atoms with Crippen LogP contribution in [0.5, 0.6) is 0 Å². The monoisotopic (exact) mass is 231 g/mol. The quantitative estimate of drug-likeness (QED) is 0.493. The molecule has 6 nitrogen and oxygen atoms in total. The Balaban J connectivity index is 2.13. The molecule has 0 atom stereocenters. The van der Waals surface area contributed by atoms with Crippen LogP contribution in [0.3, 0.4) is 0 Å². The van der Waals surface area contributed by atoms with Crippen LogP contribution < -0.4 is 0 Å². The first-order valence-electron chi connectivity index (χ1n) is 4.91. The fraction of sp³-hybridized carbons (Fsp3) is 0.0909. The molecule has 2 rings (SSSR count). The van der Waals surface area contributed by atoms with Crippen LogP contribution in [0, 0.1) is 10.1 Å². The van der Waals surface area contributed by atoms with Crippen LogP contribution in [0.15, 0.2) is 30.5 Å². The van der Waals surface area contributed by atoms with E-state index >= 15 is 0 Å². The third kappa shape index (κ3) is 2.54. The molecule has 86 valence electrons. The van der Waals surface area contributed by atoms with Gasteiger partial charge in [0.15, 0.2) is 6.29 Å². The number of non-ortho nitro benzene ring substituents is 1. The molecular weight excluding hydrogens is 222 g/mol. The highest BCUT2D eigenvalue weighted by Crippen LogP contribution is 2.13. The number of benzene rings is 1. The lowest BCUT2D eigenvalue weighted by Crippen LogP contribution is -1.92. The third-order valence-corrected chi connectivity index (χ3v) is 2.29. The summed E-state index contributed by atoms with van der Waals surface area (Å²) in [6.07, 6.45) is 2.64. The SMILES string of the molecule is O=Cc1cnc(Cc2ccc([N+](=O)[O-])cc2)[nH]1. The molecule has 1 heterocycles. The summed E-state index contributed by atoms with van der Waals surface area (Å²) < 4.78 is 0. The average molecular weight is 231 g/mol. The van der Waals surface area contributed by atoms with Crippen molar-refractivity contribution in [3.8, 4) is 0 Å². The normalized spacial score (nSPS) is 10.1. The number of aldehydes is 1. The number of carbonyl (C=O) groups is 1. The number of hydrogen-bond donors (Lipinski definition) is 1. The van der Waals surface area contributed by atoms with E-state index < -0.39 is 4.92 Å². The smallest absolute Gasteiger partial charge is 0.269 e. The number of H-pyrrole nitrogens is 1. The lowest BCUT2D eigenvalue weighted by atomic mass is 10.1. The van der Waals surface area contributed by atoms with Crippen molar-refractivity contribution in [1.82, 2.24) is 9.97 Å². The predicted molar refractivity (Wildman–Crippen MR) is 59.9 cm³/mol. The zero-order valence-electron chi connectivity index (χ0n) is 8.79.